The molecule has 0 aromatic heterocycles. The van der Waals surface area contributed by atoms with E-state index in [0.29, 0.717) is 29.2 Å². The average Bonchev–Trinajstić information content (AvgIpc) is 2.81. The average molecular weight is 459 g/mol. The molecule has 3 fully saturated rings. The highest BCUT2D eigenvalue weighted by Crippen LogP contribution is 2.45. The molecule has 32 heavy (non-hydrogen) atoms. The van der Waals surface area contributed by atoms with Gasteiger partial charge in [-0.15, -0.1) is 0 Å². The van der Waals surface area contributed by atoms with Crippen LogP contribution in [0.15, 0.2) is 12.1 Å². The topological polar surface area (TPSA) is 27.7 Å². The molecule has 1 saturated heterocycles. The van der Waals surface area contributed by atoms with Gasteiger partial charge in [-0.3, -0.25) is 0 Å². The molecule has 0 atom stereocenters. The Bertz CT molecular complexity index is 712. The smallest absolute Gasteiger partial charge is 0.387 e. The van der Waals surface area contributed by atoms with Gasteiger partial charge in [0.1, 0.15) is 0 Å². The molecule has 0 N–H and O–H groups in total. The highest BCUT2D eigenvalue weighted by molar-refractivity contribution is 5.33. The number of hydrogen-bond donors (Lipinski definition) is 0. The maximum atomic E-state index is 14.1. The fourth-order valence-electron chi connectivity index (χ4n) is 5.90. The van der Waals surface area contributed by atoms with E-state index in [9.17, 15) is 17.6 Å². The van der Waals surface area contributed by atoms with Crippen molar-refractivity contribution in [1.29, 1.82) is 0 Å². The van der Waals surface area contributed by atoms with E-state index in [1.54, 1.807) is 0 Å². The van der Waals surface area contributed by atoms with Crippen LogP contribution in [0.4, 0.5) is 17.6 Å². The number of hydrogen-bond acceptors (Lipinski definition) is 3. The highest BCUT2D eigenvalue weighted by Gasteiger charge is 2.36. The molecule has 0 bridgehead atoms. The SMILES string of the molecule is CCC1COC(C2CCC(C3CCC(c4cc(F)c(OC(F)F)c(F)c4)CC3)CC2)OC1. The third-order valence-electron chi connectivity index (χ3n) is 7.91. The maximum Gasteiger partial charge on any atom is 0.387 e. The number of benzene rings is 1. The lowest BCUT2D eigenvalue weighted by atomic mass is 9.68. The van der Waals surface area contributed by atoms with Crippen molar-refractivity contribution in [3.63, 3.8) is 0 Å². The van der Waals surface area contributed by atoms with E-state index in [2.05, 4.69) is 11.7 Å². The molecule has 1 aliphatic heterocycles. The van der Waals surface area contributed by atoms with Crippen molar-refractivity contribution in [2.75, 3.05) is 13.2 Å². The lowest BCUT2D eigenvalue weighted by molar-refractivity contribution is -0.230. The fraction of sp³-hybridized carbons (Fsp3) is 0.760. The van der Waals surface area contributed by atoms with Crippen molar-refractivity contribution >= 4 is 0 Å². The minimum Gasteiger partial charge on any atom is -0.429 e. The van der Waals surface area contributed by atoms with E-state index < -0.39 is 24.0 Å². The fourth-order valence-corrected chi connectivity index (χ4v) is 5.90. The van der Waals surface area contributed by atoms with Gasteiger partial charge in [0, 0.05) is 11.8 Å². The van der Waals surface area contributed by atoms with Crippen LogP contribution in [0.1, 0.15) is 76.2 Å². The van der Waals surface area contributed by atoms with Crippen LogP contribution in [-0.4, -0.2) is 26.1 Å². The first-order valence-corrected chi connectivity index (χ1v) is 12.1. The van der Waals surface area contributed by atoms with Gasteiger partial charge in [0.25, 0.3) is 0 Å². The minimum absolute atomic E-state index is 0.0451. The number of rotatable bonds is 6. The number of ether oxygens (including phenoxy) is 3. The molecule has 180 valence electrons. The van der Waals surface area contributed by atoms with Crippen LogP contribution in [0.2, 0.25) is 0 Å². The molecule has 0 spiro atoms. The van der Waals surface area contributed by atoms with E-state index in [1.165, 1.54) is 12.8 Å². The Morgan fingerprint density at radius 3 is 1.84 bits per heavy atom. The highest BCUT2D eigenvalue weighted by atomic mass is 19.3. The lowest BCUT2D eigenvalue weighted by Crippen LogP contribution is -2.39. The Morgan fingerprint density at radius 1 is 0.844 bits per heavy atom. The first kappa shape index (κ1) is 23.8. The quantitative estimate of drug-likeness (QED) is 0.428. The number of alkyl halides is 2. The first-order chi connectivity index (χ1) is 15.4. The van der Waals surface area contributed by atoms with Gasteiger partial charge in [0.2, 0.25) is 0 Å². The van der Waals surface area contributed by atoms with Gasteiger partial charge in [-0.2, -0.15) is 8.78 Å². The van der Waals surface area contributed by atoms with Crippen LogP contribution in [0.5, 0.6) is 5.75 Å². The Labute approximate surface area is 187 Å². The summed E-state index contributed by atoms with van der Waals surface area (Å²) in [5.74, 6) is -0.715. The minimum atomic E-state index is -3.25. The normalized spacial score (nSPS) is 33.9. The first-order valence-electron chi connectivity index (χ1n) is 12.1. The second-order valence-electron chi connectivity index (χ2n) is 9.79. The van der Waals surface area contributed by atoms with Crippen molar-refractivity contribution < 1.29 is 31.8 Å². The molecule has 3 nitrogen and oxygen atoms in total. The van der Waals surface area contributed by atoms with E-state index in [0.717, 1.165) is 70.3 Å². The molecule has 0 unspecified atom stereocenters. The summed E-state index contributed by atoms with van der Waals surface area (Å²) < 4.78 is 68.8. The van der Waals surface area contributed by atoms with E-state index in [-0.39, 0.29) is 12.2 Å². The van der Waals surface area contributed by atoms with Crippen molar-refractivity contribution in [3.8, 4) is 5.75 Å². The molecule has 2 saturated carbocycles. The van der Waals surface area contributed by atoms with Gasteiger partial charge in [-0.25, -0.2) is 8.78 Å². The zero-order valence-electron chi connectivity index (χ0n) is 18.7. The van der Waals surface area contributed by atoms with Crippen molar-refractivity contribution in [1.82, 2.24) is 0 Å². The van der Waals surface area contributed by atoms with Crippen LogP contribution in [-0.2, 0) is 9.47 Å². The molecule has 2 aliphatic carbocycles. The van der Waals surface area contributed by atoms with Crippen LogP contribution >= 0.6 is 0 Å². The van der Waals surface area contributed by atoms with Crippen molar-refractivity contribution in [2.45, 2.75) is 83.5 Å². The molecule has 4 rings (SSSR count). The van der Waals surface area contributed by atoms with E-state index in [1.807, 2.05) is 0 Å². The van der Waals surface area contributed by atoms with Gasteiger partial charge in [-0.1, -0.05) is 6.92 Å². The van der Waals surface area contributed by atoms with Crippen LogP contribution in [0, 0.1) is 35.3 Å². The van der Waals surface area contributed by atoms with Gasteiger partial charge in [-0.05, 0) is 93.2 Å². The summed E-state index contributed by atoms with van der Waals surface area (Å²) in [6, 6.07) is 2.31. The third-order valence-corrected chi connectivity index (χ3v) is 7.91. The molecule has 3 aliphatic rings. The van der Waals surface area contributed by atoms with Gasteiger partial charge >= 0.3 is 6.61 Å². The molecule has 1 aromatic rings. The third kappa shape index (κ3) is 5.58. The zero-order valence-corrected chi connectivity index (χ0v) is 18.7. The van der Waals surface area contributed by atoms with Crippen molar-refractivity contribution in [2.24, 2.45) is 23.7 Å². The molecule has 7 heteroatoms. The van der Waals surface area contributed by atoms with Crippen LogP contribution in [0.25, 0.3) is 0 Å². The second kappa shape index (κ2) is 10.7. The van der Waals surface area contributed by atoms with Gasteiger partial charge < -0.3 is 14.2 Å². The molecule has 1 aromatic carbocycles. The van der Waals surface area contributed by atoms with E-state index >= 15 is 0 Å². The largest absolute Gasteiger partial charge is 0.429 e. The summed E-state index contributed by atoms with van der Waals surface area (Å²) >= 11 is 0. The van der Waals surface area contributed by atoms with Gasteiger partial charge in [0.05, 0.1) is 13.2 Å². The van der Waals surface area contributed by atoms with Crippen LogP contribution < -0.4 is 4.74 Å². The summed E-state index contributed by atoms with van der Waals surface area (Å²) in [6.07, 6.45) is 9.48. The molecule has 1 heterocycles. The van der Waals surface area contributed by atoms with Gasteiger partial charge in [0.15, 0.2) is 23.7 Å². The molecular formula is C25H34F4O3. The zero-order chi connectivity index (χ0) is 22.7. The summed E-state index contributed by atoms with van der Waals surface area (Å²) in [5, 5.41) is 0. The Kier molecular flexibility index (Phi) is 7.98. The maximum absolute atomic E-state index is 14.1. The summed E-state index contributed by atoms with van der Waals surface area (Å²) in [6.45, 7) is 0.532. The Hall–Kier alpha value is -1.34. The van der Waals surface area contributed by atoms with Crippen molar-refractivity contribution in [3.05, 3.63) is 29.3 Å². The second-order valence-corrected chi connectivity index (χ2v) is 9.79. The van der Waals surface area contributed by atoms with E-state index in [4.69, 9.17) is 9.47 Å². The summed E-state index contributed by atoms with van der Waals surface area (Å²) in [4.78, 5) is 0. The predicted molar refractivity (Wildman–Crippen MR) is 113 cm³/mol. The summed E-state index contributed by atoms with van der Waals surface area (Å²) in [5.41, 5.74) is 0.542. The summed E-state index contributed by atoms with van der Waals surface area (Å²) in [7, 11) is 0. The molecular weight excluding hydrogens is 424 g/mol. The Morgan fingerprint density at radius 2 is 1.34 bits per heavy atom. The Balaban J connectivity index is 1.25. The molecule has 0 amide bonds. The van der Waals surface area contributed by atoms with Crippen LogP contribution in [0.3, 0.4) is 0 Å². The molecule has 0 radical (unpaired) electrons. The standard InChI is InChI=1S/C25H34F4O3/c1-2-15-13-30-24(31-14-15)19-9-7-17(8-10-19)16-3-5-18(6-4-16)20-11-21(26)23(22(27)12-20)32-25(28)29/h11-12,15-19,24-25H,2-10,13-14H2,1H3. The predicted octanol–water partition coefficient (Wildman–Crippen LogP) is 7.05. The number of halogens is 4. The monoisotopic (exact) mass is 458 g/mol. The lowest BCUT2D eigenvalue weighted by Gasteiger charge is -2.41.